The minimum absolute atomic E-state index is 0.144. The van der Waals surface area contributed by atoms with Gasteiger partial charge in [-0.3, -0.25) is 0 Å². The van der Waals surface area contributed by atoms with Crippen LogP contribution >= 0.6 is 0 Å². The maximum absolute atomic E-state index is 12.6. The molecule has 1 aromatic rings. The maximum Gasteiger partial charge on any atom is 0.243 e. The second kappa shape index (κ2) is 4.89. The van der Waals surface area contributed by atoms with E-state index >= 15 is 0 Å². The molecule has 2 bridgehead atoms. The lowest BCUT2D eigenvalue weighted by Crippen LogP contribution is -2.46. The van der Waals surface area contributed by atoms with Crippen LogP contribution in [0.3, 0.4) is 0 Å². The highest BCUT2D eigenvalue weighted by Crippen LogP contribution is 2.29. The molecule has 1 aromatic carbocycles. The molecule has 0 radical (unpaired) electrons. The van der Waals surface area contributed by atoms with Crippen LogP contribution in [0.5, 0.6) is 0 Å². The van der Waals surface area contributed by atoms with E-state index in [1.54, 1.807) is 16.4 Å². The van der Waals surface area contributed by atoms with E-state index in [0.717, 1.165) is 25.8 Å². The molecule has 104 valence electrons. The first-order chi connectivity index (χ1) is 9.11. The molecule has 2 aliphatic rings. The van der Waals surface area contributed by atoms with Crippen LogP contribution < -0.4 is 5.32 Å². The summed E-state index contributed by atoms with van der Waals surface area (Å²) in [5.41, 5.74) is 1.20. The van der Waals surface area contributed by atoms with E-state index in [0.29, 0.717) is 17.5 Å². The number of sulfonamides is 1. The largest absolute Gasteiger partial charge is 0.311 e. The average molecular weight is 280 g/mol. The fraction of sp³-hybridized carbons (Fsp3) is 0.571. The maximum atomic E-state index is 12.6. The molecule has 2 atom stereocenters. The number of benzene rings is 1. The Balaban J connectivity index is 1.84. The van der Waals surface area contributed by atoms with E-state index in [4.69, 9.17) is 0 Å². The number of fused-ring (bicyclic) bond motifs is 2. The van der Waals surface area contributed by atoms with Gasteiger partial charge in [-0.05, 0) is 30.5 Å². The van der Waals surface area contributed by atoms with E-state index in [1.165, 1.54) is 5.56 Å². The minimum Gasteiger partial charge on any atom is -0.311 e. The van der Waals surface area contributed by atoms with Gasteiger partial charge in [-0.25, -0.2) is 8.42 Å². The topological polar surface area (TPSA) is 49.4 Å². The van der Waals surface area contributed by atoms with Crippen molar-refractivity contribution in [2.45, 2.75) is 43.2 Å². The second-order valence-corrected chi connectivity index (χ2v) is 7.35. The summed E-state index contributed by atoms with van der Waals surface area (Å²) in [6, 6.07) is 7.86. The third kappa shape index (κ3) is 2.30. The highest BCUT2D eigenvalue weighted by Gasteiger charge is 2.44. The molecule has 0 spiro atoms. The number of piperazine rings is 1. The average Bonchev–Trinajstić information content (AvgIpc) is 3.02. The quantitative estimate of drug-likeness (QED) is 0.906. The Hall–Kier alpha value is -0.910. The molecule has 0 amide bonds. The molecule has 2 heterocycles. The van der Waals surface area contributed by atoms with E-state index in [1.807, 2.05) is 12.1 Å². The molecule has 0 aromatic heterocycles. The Morgan fingerprint density at radius 1 is 1.32 bits per heavy atom. The number of rotatable bonds is 4. The van der Waals surface area contributed by atoms with Crippen LogP contribution in [0.4, 0.5) is 0 Å². The first-order valence-corrected chi connectivity index (χ1v) is 8.39. The van der Waals surface area contributed by atoms with Crippen LogP contribution in [0, 0.1) is 0 Å². The van der Waals surface area contributed by atoms with E-state index < -0.39 is 10.0 Å². The highest BCUT2D eigenvalue weighted by molar-refractivity contribution is 7.89. The van der Waals surface area contributed by atoms with Crippen molar-refractivity contribution in [2.75, 3.05) is 13.1 Å². The third-order valence-corrected chi connectivity index (χ3v) is 6.01. The van der Waals surface area contributed by atoms with Crippen molar-refractivity contribution >= 4 is 10.0 Å². The normalized spacial score (nSPS) is 27.0. The zero-order valence-corrected chi connectivity index (χ0v) is 12.0. The molecule has 19 heavy (non-hydrogen) atoms. The smallest absolute Gasteiger partial charge is 0.243 e. The molecule has 2 fully saturated rings. The number of aryl methyl sites for hydroxylation is 1. The minimum atomic E-state index is -3.31. The molecule has 5 heteroatoms. The summed E-state index contributed by atoms with van der Waals surface area (Å²) in [7, 11) is -3.31. The summed E-state index contributed by atoms with van der Waals surface area (Å²) in [4.78, 5) is 0.430. The van der Waals surface area contributed by atoms with Gasteiger partial charge in [0.15, 0.2) is 0 Å². The Morgan fingerprint density at radius 3 is 2.58 bits per heavy atom. The molecule has 4 nitrogen and oxygen atoms in total. The first kappa shape index (κ1) is 13.1. The molecule has 2 unspecified atom stereocenters. The zero-order valence-electron chi connectivity index (χ0n) is 11.2. The van der Waals surface area contributed by atoms with Crippen molar-refractivity contribution in [2.24, 2.45) is 0 Å². The molecule has 2 saturated heterocycles. The van der Waals surface area contributed by atoms with Gasteiger partial charge in [-0.15, -0.1) is 0 Å². The van der Waals surface area contributed by atoms with Gasteiger partial charge in [0.25, 0.3) is 0 Å². The number of hydrogen-bond donors (Lipinski definition) is 1. The SMILES string of the molecule is CCCc1ccc(S(=O)(=O)N2CC3CC2CN3)cc1. The van der Waals surface area contributed by atoms with E-state index in [-0.39, 0.29) is 6.04 Å². The summed E-state index contributed by atoms with van der Waals surface area (Å²) >= 11 is 0. The predicted molar refractivity (Wildman–Crippen MR) is 74.5 cm³/mol. The lowest BCUT2D eigenvalue weighted by molar-refractivity contribution is 0.349. The van der Waals surface area contributed by atoms with Gasteiger partial charge >= 0.3 is 0 Å². The van der Waals surface area contributed by atoms with Gasteiger partial charge in [-0.1, -0.05) is 25.5 Å². The number of hydrogen-bond acceptors (Lipinski definition) is 3. The number of nitrogens with one attached hydrogen (secondary N) is 1. The first-order valence-electron chi connectivity index (χ1n) is 6.95. The van der Waals surface area contributed by atoms with Gasteiger partial charge < -0.3 is 5.32 Å². The molecule has 0 saturated carbocycles. The predicted octanol–water partition coefficient (Wildman–Crippen LogP) is 1.37. The van der Waals surface area contributed by atoms with Crippen LogP contribution in [-0.2, 0) is 16.4 Å². The highest BCUT2D eigenvalue weighted by atomic mass is 32.2. The Morgan fingerprint density at radius 2 is 2.05 bits per heavy atom. The van der Waals surface area contributed by atoms with Crippen LogP contribution in [-0.4, -0.2) is 37.9 Å². The van der Waals surface area contributed by atoms with Crippen molar-refractivity contribution in [3.8, 4) is 0 Å². The summed E-state index contributed by atoms with van der Waals surface area (Å²) in [6.07, 6.45) is 3.03. The van der Waals surface area contributed by atoms with Gasteiger partial charge in [-0.2, -0.15) is 4.31 Å². The van der Waals surface area contributed by atoms with Crippen molar-refractivity contribution in [1.29, 1.82) is 0 Å². The van der Waals surface area contributed by atoms with Gasteiger partial charge in [0, 0.05) is 25.2 Å². The Kier molecular flexibility index (Phi) is 3.37. The fourth-order valence-electron chi connectivity index (χ4n) is 3.07. The van der Waals surface area contributed by atoms with Crippen molar-refractivity contribution in [1.82, 2.24) is 9.62 Å². The molecule has 0 aliphatic carbocycles. The zero-order chi connectivity index (χ0) is 13.5. The summed E-state index contributed by atoms with van der Waals surface area (Å²) in [5.74, 6) is 0. The van der Waals surface area contributed by atoms with E-state index in [9.17, 15) is 8.42 Å². The summed E-state index contributed by atoms with van der Waals surface area (Å²) < 4.78 is 26.9. The molecule has 2 aliphatic heterocycles. The van der Waals surface area contributed by atoms with Crippen LogP contribution in [0.25, 0.3) is 0 Å². The number of nitrogens with zero attached hydrogens (tertiary/aromatic N) is 1. The van der Waals surface area contributed by atoms with Gasteiger partial charge in [0.05, 0.1) is 4.90 Å². The van der Waals surface area contributed by atoms with E-state index in [2.05, 4.69) is 12.2 Å². The fourth-order valence-corrected chi connectivity index (χ4v) is 4.75. The van der Waals surface area contributed by atoms with Crippen LogP contribution in [0.1, 0.15) is 25.3 Å². The molecule has 1 N–H and O–H groups in total. The lowest BCUT2D eigenvalue weighted by atomic mass is 10.1. The Labute approximate surface area is 114 Å². The monoisotopic (exact) mass is 280 g/mol. The standard InChI is InChI=1S/C14H20N2O2S/c1-2-3-11-4-6-14(7-5-11)19(17,18)16-10-12-8-13(16)9-15-12/h4-7,12-13,15H,2-3,8-10H2,1H3. The summed E-state index contributed by atoms with van der Waals surface area (Å²) in [5, 5.41) is 3.33. The van der Waals surface area contributed by atoms with Crippen molar-refractivity contribution in [3.63, 3.8) is 0 Å². The third-order valence-electron chi connectivity index (χ3n) is 4.07. The van der Waals surface area contributed by atoms with Crippen LogP contribution in [0.2, 0.25) is 0 Å². The summed E-state index contributed by atoms with van der Waals surface area (Å²) in [6.45, 7) is 3.53. The molecular weight excluding hydrogens is 260 g/mol. The second-order valence-electron chi connectivity index (χ2n) is 5.46. The van der Waals surface area contributed by atoms with Gasteiger partial charge in [0.1, 0.15) is 0 Å². The van der Waals surface area contributed by atoms with Gasteiger partial charge in [0.2, 0.25) is 10.0 Å². The van der Waals surface area contributed by atoms with Crippen LogP contribution in [0.15, 0.2) is 29.2 Å². The van der Waals surface area contributed by atoms with Crippen molar-refractivity contribution < 1.29 is 8.42 Å². The molecule has 3 rings (SSSR count). The lowest BCUT2D eigenvalue weighted by Gasteiger charge is -2.26. The Bertz CT molecular complexity index is 553. The van der Waals surface area contributed by atoms with Crippen molar-refractivity contribution in [3.05, 3.63) is 29.8 Å². The molecular formula is C14H20N2O2S.